The van der Waals surface area contributed by atoms with Crippen LogP contribution in [0.15, 0.2) is 29.3 Å². The second kappa shape index (κ2) is 7.42. The van der Waals surface area contributed by atoms with Crippen LogP contribution in [0.5, 0.6) is 0 Å². The molecule has 0 unspecified atom stereocenters. The van der Waals surface area contributed by atoms with E-state index in [9.17, 15) is 18.3 Å². The predicted molar refractivity (Wildman–Crippen MR) is 87.7 cm³/mol. The minimum atomic E-state index is -4.32. The second-order valence-electron chi connectivity index (χ2n) is 6.30. The summed E-state index contributed by atoms with van der Waals surface area (Å²) in [7, 11) is 1.82. The van der Waals surface area contributed by atoms with E-state index in [1.165, 1.54) is 12.1 Å². The minimum absolute atomic E-state index is 0.340. The van der Waals surface area contributed by atoms with Crippen molar-refractivity contribution >= 4 is 5.96 Å². The number of hydrogen-bond acceptors (Lipinski definition) is 2. The summed E-state index contributed by atoms with van der Waals surface area (Å²) >= 11 is 0. The lowest BCUT2D eigenvalue weighted by Gasteiger charge is -2.35. The molecule has 1 aromatic rings. The van der Waals surface area contributed by atoms with Gasteiger partial charge in [0, 0.05) is 20.1 Å². The topological polar surface area (TPSA) is 47.9 Å². The van der Waals surface area contributed by atoms with Gasteiger partial charge >= 0.3 is 6.18 Å². The molecule has 2 rings (SSSR count). The number of rotatable bonds is 5. The fourth-order valence-corrected chi connectivity index (χ4v) is 2.58. The minimum Gasteiger partial charge on any atom is -0.388 e. The summed E-state index contributed by atoms with van der Waals surface area (Å²) in [5, 5.41) is 13.3. The van der Waals surface area contributed by atoms with Crippen LogP contribution in [-0.2, 0) is 12.7 Å². The highest BCUT2D eigenvalue weighted by Crippen LogP contribution is 2.31. The van der Waals surface area contributed by atoms with Crippen LogP contribution < -0.4 is 5.32 Å². The molecule has 0 heterocycles. The van der Waals surface area contributed by atoms with Crippen molar-refractivity contribution < 1.29 is 18.3 Å². The fraction of sp³-hybridized carbons (Fsp3) is 0.588. The van der Waals surface area contributed by atoms with E-state index in [1.807, 2.05) is 18.9 Å². The molecule has 0 aliphatic heterocycles. The van der Waals surface area contributed by atoms with Gasteiger partial charge in [0.2, 0.25) is 0 Å². The van der Waals surface area contributed by atoms with Gasteiger partial charge in [-0.3, -0.25) is 4.99 Å². The molecule has 2 N–H and O–H groups in total. The highest BCUT2D eigenvalue weighted by molar-refractivity contribution is 5.79. The summed E-state index contributed by atoms with van der Waals surface area (Å²) in [5.41, 5.74) is -0.587. The van der Waals surface area contributed by atoms with Crippen LogP contribution in [0.2, 0.25) is 0 Å². The number of aliphatic imine (C=N–C) groups is 1. The summed E-state index contributed by atoms with van der Waals surface area (Å²) < 4.78 is 37.8. The number of halogens is 3. The van der Waals surface area contributed by atoms with Gasteiger partial charge < -0.3 is 15.3 Å². The van der Waals surface area contributed by atoms with E-state index in [0.717, 1.165) is 37.0 Å². The first-order valence-electron chi connectivity index (χ1n) is 8.11. The predicted octanol–water partition coefficient (Wildman–Crippen LogP) is 3.02. The summed E-state index contributed by atoms with van der Waals surface area (Å²) in [6.45, 7) is 3.39. The average molecular weight is 343 g/mol. The van der Waals surface area contributed by atoms with E-state index in [1.54, 1.807) is 0 Å². The quantitative estimate of drug-likeness (QED) is 0.638. The van der Waals surface area contributed by atoms with Gasteiger partial charge in [-0.15, -0.1) is 0 Å². The van der Waals surface area contributed by atoms with Gasteiger partial charge in [-0.25, -0.2) is 0 Å². The van der Waals surface area contributed by atoms with Crippen molar-refractivity contribution in [2.45, 2.75) is 44.5 Å². The maximum absolute atomic E-state index is 12.6. The smallest absolute Gasteiger partial charge is 0.388 e. The molecule has 1 aliphatic rings. The SMILES string of the molecule is CCNC(=NCC1(O)CCC1)N(C)Cc1ccc(C(F)(F)F)cc1. The third-order valence-electron chi connectivity index (χ3n) is 4.20. The molecule has 0 bridgehead atoms. The van der Waals surface area contributed by atoms with E-state index in [0.29, 0.717) is 25.6 Å². The summed E-state index contributed by atoms with van der Waals surface area (Å²) in [6, 6.07) is 5.12. The van der Waals surface area contributed by atoms with Gasteiger partial charge in [-0.2, -0.15) is 13.2 Å². The van der Waals surface area contributed by atoms with Crippen molar-refractivity contribution in [2.24, 2.45) is 4.99 Å². The maximum Gasteiger partial charge on any atom is 0.416 e. The molecule has 0 radical (unpaired) electrons. The molecular formula is C17H24F3N3O. The Hall–Kier alpha value is -1.76. The van der Waals surface area contributed by atoms with Crippen molar-refractivity contribution in [1.29, 1.82) is 0 Å². The Morgan fingerprint density at radius 2 is 1.92 bits per heavy atom. The van der Waals surface area contributed by atoms with Gasteiger partial charge in [-0.05, 0) is 43.9 Å². The fourth-order valence-electron chi connectivity index (χ4n) is 2.58. The van der Waals surface area contributed by atoms with Crippen molar-refractivity contribution in [1.82, 2.24) is 10.2 Å². The summed E-state index contributed by atoms with van der Waals surface area (Å²) in [4.78, 5) is 6.30. The third kappa shape index (κ3) is 4.87. The Kier molecular flexibility index (Phi) is 5.74. The average Bonchev–Trinajstić information content (AvgIpc) is 2.49. The number of hydrogen-bond donors (Lipinski definition) is 2. The summed E-state index contributed by atoms with van der Waals surface area (Å²) in [6.07, 6.45) is -1.78. The second-order valence-corrected chi connectivity index (χ2v) is 6.30. The molecule has 134 valence electrons. The van der Waals surface area contributed by atoms with E-state index >= 15 is 0 Å². The Labute approximate surface area is 140 Å². The lowest BCUT2D eigenvalue weighted by Crippen LogP contribution is -2.43. The van der Waals surface area contributed by atoms with Crippen LogP contribution >= 0.6 is 0 Å². The lowest BCUT2D eigenvalue weighted by molar-refractivity contribution is -0.137. The zero-order valence-electron chi connectivity index (χ0n) is 14.0. The zero-order valence-corrected chi connectivity index (χ0v) is 14.0. The maximum atomic E-state index is 12.6. The number of nitrogens with one attached hydrogen (secondary N) is 1. The van der Waals surface area contributed by atoms with Crippen LogP contribution in [-0.4, -0.2) is 41.7 Å². The number of nitrogens with zero attached hydrogens (tertiary/aromatic N) is 2. The molecule has 1 fully saturated rings. The number of aliphatic hydroxyl groups is 1. The van der Waals surface area contributed by atoms with Crippen LogP contribution in [0.4, 0.5) is 13.2 Å². The van der Waals surface area contributed by atoms with Gasteiger partial charge in [0.1, 0.15) is 0 Å². The normalized spacial score (nSPS) is 17.3. The van der Waals surface area contributed by atoms with Crippen molar-refractivity contribution in [3.8, 4) is 0 Å². The molecule has 7 heteroatoms. The molecule has 0 saturated heterocycles. The standard InChI is InChI=1S/C17H24F3N3O/c1-3-21-15(22-12-16(24)9-4-10-16)23(2)11-13-5-7-14(8-6-13)17(18,19)20/h5-8,24H,3-4,9-12H2,1-2H3,(H,21,22). The van der Waals surface area contributed by atoms with Crippen LogP contribution in [0.25, 0.3) is 0 Å². The van der Waals surface area contributed by atoms with Crippen molar-refractivity contribution in [2.75, 3.05) is 20.1 Å². The molecule has 0 amide bonds. The molecule has 1 aromatic carbocycles. The van der Waals surface area contributed by atoms with Gasteiger partial charge in [0.25, 0.3) is 0 Å². The van der Waals surface area contributed by atoms with E-state index in [4.69, 9.17) is 0 Å². The molecule has 1 saturated carbocycles. The first-order chi connectivity index (χ1) is 11.2. The molecule has 0 aromatic heterocycles. The molecule has 4 nitrogen and oxygen atoms in total. The van der Waals surface area contributed by atoms with Gasteiger partial charge in [0.05, 0.1) is 17.7 Å². The Bertz CT molecular complexity index is 565. The monoisotopic (exact) mass is 343 g/mol. The molecule has 1 aliphatic carbocycles. The van der Waals surface area contributed by atoms with Crippen LogP contribution in [0.1, 0.15) is 37.3 Å². The molecule has 0 atom stereocenters. The Morgan fingerprint density at radius 3 is 2.38 bits per heavy atom. The summed E-state index contributed by atoms with van der Waals surface area (Å²) in [5.74, 6) is 0.637. The number of guanidine groups is 1. The number of alkyl halides is 3. The van der Waals surface area contributed by atoms with E-state index in [2.05, 4.69) is 10.3 Å². The molecular weight excluding hydrogens is 319 g/mol. The van der Waals surface area contributed by atoms with Crippen molar-refractivity contribution in [3.63, 3.8) is 0 Å². The Morgan fingerprint density at radius 1 is 1.29 bits per heavy atom. The van der Waals surface area contributed by atoms with Crippen molar-refractivity contribution in [3.05, 3.63) is 35.4 Å². The van der Waals surface area contributed by atoms with E-state index < -0.39 is 17.3 Å². The van der Waals surface area contributed by atoms with Crippen LogP contribution in [0.3, 0.4) is 0 Å². The molecule has 0 spiro atoms. The van der Waals surface area contributed by atoms with Gasteiger partial charge in [-0.1, -0.05) is 12.1 Å². The van der Waals surface area contributed by atoms with E-state index in [-0.39, 0.29) is 0 Å². The zero-order chi connectivity index (χ0) is 17.8. The third-order valence-corrected chi connectivity index (χ3v) is 4.20. The largest absolute Gasteiger partial charge is 0.416 e. The number of benzene rings is 1. The first-order valence-corrected chi connectivity index (χ1v) is 8.11. The lowest BCUT2D eigenvalue weighted by atomic mass is 9.80. The highest BCUT2D eigenvalue weighted by Gasteiger charge is 2.34. The highest BCUT2D eigenvalue weighted by atomic mass is 19.4. The molecule has 24 heavy (non-hydrogen) atoms. The van der Waals surface area contributed by atoms with Gasteiger partial charge in [0.15, 0.2) is 5.96 Å². The Balaban J connectivity index is 2.01. The van der Waals surface area contributed by atoms with Crippen LogP contribution in [0, 0.1) is 0 Å². The first kappa shape index (κ1) is 18.6.